The Hall–Kier alpha value is -3.42. The predicted octanol–water partition coefficient (Wildman–Crippen LogP) is 4.32. The molecular formula is C26H22ClN3O3S. The van der Waals surface area contributed by atoms with E-state index in [1.807, 2.05) is 48.7 Å². The molecule has 4 aromatic rings. The Morgan fingerprint density at radius 1 is 1.21 bits per heavy atom. The number of H-pyrrole nitrogens is 1. The standard InChI is InChI=1S/C26H22ClN3O3S/c1-14(2)33-25(32)22-15(3)29-26-30(23(22)16-8-10-18(27)11-9-16)24(31)21(34-26)12-17-13-28-20-7-5-4-6-19(17)20/h4-14,23,28H,1-3H3/b21-12+/t23-/m1/s1. The first-order valence-corrected chi connectivity index (χ1v) is 12.1. The number of hydrogen-bond donors (Lipinski definition) is 1. The average Bonchev–Trinajstić information content (AvgIpc) is 3.34. The molecule has 2 aromatic carbocycles. The van der Waals surface area contributed by atoms with Crippen molar-refractivity contribution in [3.05, 3.63) is 102 Å². The third kappa shape index (κ3) is 3.91. The van der Waals surface area contributed by atoms with Crippen LogP contribution in [-0.4, -0.2) is 21.6 Å². The Morgan fingerprint density at radius 2 is 1.94 bits per heavy atom. The number of carbonyl (C=O) groups excluding carboxylic acids is 1. The molecule has 0 amide bonds. The molecule has 1 N–H and O–H groups in total. The number of rotatable bonds is 4. The lowest BCUT2D eigenvalue weighted by Crippen LogP contribution is -2.40. The van der Waals surface area contributed by atoms with Crippen LogP contribution in [0.2, 0.25) is 5.02 Å². The highest BCUT2D eigenvalue weighted by Crippen LogP contribution is 2.31. The quantitative estimate of drug-likeness (QED) is 0.432. The summed E-state index contributed by atoms with van der Waals surface area (Å²) in [4.78, 5) is 35.2. The molecule has 172 valence electrons. The smallest absolute Gasteiger partial charge is 0.338 e. The van der Waals surface area contributed by atoms with Gasteiger partial charge in [-0.1, -0.05) is 53.3 Å². The summed E-state index contributed by atoms with van der Waals surface area (Å²) in [5, 5.41) is 1.60. The molecule has 6 nitrogen and oxygen atoms in total. The van der Waals surface area contributed by atoms with Crippen LogP contribution in [0.1, 0.15) is 37.9 Å². The molecule has 5 rings (SSSR count). The molecule has 3 heterocycles. The number of aromatic amines is 1. The van der Waals surface area contributed by atoms with E-state index in [-0.39, 0.29) is 11.7 Å². The van der Waals surface area contributed by atoms with Crippen molar-refractivity contribution in [2.45, 2.75) is 32.9 Å². The van der Waals surface area contributed by atoms with E-state index < -0.39 is 12.0 Å². The second-order valence-corrected chi connectivity index (χ2v) is 9.82. The van der Waals surface area contributed by atoms with Crippen LogP contribution in [0, 0.1) is 0 Å². The zero-order valence-electron chi connectivity index (χ0n) is 18.8. The monoisotopic (exact) mass is 491 g/mol. The highest BCUT2D eigenvalue weighted by molar-refractivity contribution is 7.07. The molecule has 0 fully saturated rings. The summed E-state index contributed by atoms with van der Waals surface area (Å²) in [6, 6.07) is 14.4. The van der Waals surface area contributed by atoms with Gasteiger partial charge >= 0.3 is 5.97 Å². The number of benzene rings is 2. The lowest BCUT2D eigenvalue weighted by molar-refractivity contribution is -0.143. The van der Waals surface area contributed by atoms with Gasteiger partial charge in [0.05, 0.1) is 27.9 Å². The molecule has 0 saturated carbocycles. The fourth-order valence-corrected chi connectivity index (χ4v) is 5.34. The number of esters is 1. The Balaban J connectivity index is 1.73. The summed E-state index contributed by atoms with van der Waals surface area (Å²) >= 11 is 7.42. The maximum absolute atomic E-state index is 13.7. The zero-order valence-corrected chi connectivity index (χ0v) is 20.4. The van der Waals surface area contributed by atoms with Crippen LogP contribution in [0.25, 0.3) is 17.0 Å². The molecule has 0 unspecified atom stereocenters. The molecule has 34 heavy (non-hydrogen) atoms. The van der Waals surface area contributed by atoms with E-state index in [4.69, 9.17) is 16.3 Å². The molecule has 2 aromatic heterocycles. The third-order valence-electron chi connectivity index (χ3n) is 5.68. The van der Waals surface area contributed by atoms with Gasteiger partial charge in [-0.25, -0.2) is 9.79 Å². The average molecular weight is 492 g/mol. The Morgan fingerprint density at radius 3 is 2.68 bits per heavy atom. The number of fused-ring (bicyclic) bond motifs is 2. The summed E-state index contributed by atoms with van der Waals surface area (Å²) in [5.74, 6) is -0.484. The summed E-state index contributed by atoms with van der Waals surface area (Å²) < 4.78 is 7.64. The van der Waals surface area contributed by atoms with Crippen LogP contribution in [-0.2, 0) is 9.53 Å². The van der Waals surface area contributed by atoms with Crippen molar-refractivity contribution in [1.29, 1.82) is 0 Å². The normalized spacial score (nSPS) is 16.1. The van der Waals surface area contributed by atoms with E-state index in [1.54, 1.807) is 37.5 Å². The lowest BCUT2D eigenvalue weighted by atomic mass is 9.96. The zero-order chi connectivity index (χ0) is 24.0. The first kappa shape index (κ1) is 22.4. The predicted molar refractivity (Wildman–Crippen MR) is 135 cm³/mol. The number of carbonyl (C=O) groups is 1. The van der Waals surface area contributed by atoms with Crippen LogP contribution in [0.4, 0.5) is 0 Å². The minimum Gasteiger partial charge on any atom is -0.459 e. The van der Waals surface area contributed by atoms with E-state index in [1.165, 1.54) is 11.3 Å². The number of halogens is 1. The highest BCUT2D eigenvalue weighted by Gasteiger charge is 2.33. The maximum Gasteiger partial charge on any atom is 0.338 e. The van der Waals surface area contributed by atoms with Crippen molar-refractivity contribution >= 4 is 45.9 Å². The topological polar surface area (TPSA) is 76.5 Å². The minimum atomic E-state index is -0.662. The van der Waals surface area contributed by atoms with Gasteiger partial charge in [-0.3, -0.25) is 9.36 Å². The maximum atomic E-state index is 13.7. The van der Waals surface area contributed by atoms with Crippen molar-refractivity contribution in [2.75, 3.05) is 0 Å². The van der Waals surface area contributed by atoms with Gasteiger partial charge in [0, 0.05) is 27.7 Å². The summed E-state index contributed by atoms with van der Waals surface area (Å²) in [5.41, 5.74) is 3.34. The van der Waals surface area contributed by atoms with Crippen molar-refractivity contribution in [1.82, 2.24) is 9.55 Å². The Kier molecular flexibility index (Phi) is 5.75. The summed E-state index contributed by atoms with van der Waals surface area (Å²) in [6.07, 6.45) is 3.45. The van der Waals surface area contributed by atoms with Gasteiger partial charge in [0.2, 0.25) is 0 Å². The first-order chi connectivity index (χ1) is 16.3. The van der Waals surface area contributed by atoms with E-state index in [0.29, 0.717) is 25.6 Å². The van der Waals surface area contributed by atoms with Crippen molar-refractivity contribution in [3.8, 4) is 0 Å². The Bertz CT molecular complexity index is 1620. The molecule has 0 bridgehead atoms. The van der Waals surface area contributed by atoms with E-state index in [0.717, 1.165) is 22.0 Å². The number of thiazole rings is 1. The van der Waals surface area contributed by atoms with Crippen LogP contribution in [0.5, 0.6) is 0 Å². The molecule has 0 saturated heterocycles. The van der Waals surface area contributed by atoms with Crippen LogP contribution in [0.15, 0.2) is 75.8 Å². The van der Waals surface area contributed by atoms with Crippen LogP contribution < -0.4 is 14.9 Å². The van der Waals surface area contributed by atoms with Crippen LogP contribution >= 0.6 is 22.9 Å². The molecule has 0 aliphatic carbocycles. The van der Waals surface area contributed by atoms with E-state index in [2.05, 4.69) is 9.98 Å². The summed E-state index contributed by atoms with van der Waals surface area (Å²) in [6.45, 7) is 5.36. The number of nitrogens with one attached hydrogen (secondary N) is 1. The fourth-order valence-electron chi connectivity index (χ4n) is 4.18. The van der Waals surface area contributed by atoms with E-state index >= 15 is 0 Å². The molecule has 0 radical (unpaired) electrons. The molecule has 1 aliphatic rings. The summed E-state index contributed by atoms with van der Waals surface area (Å²) in [7, 11) is 0. The first-order valence-electron chi connectivity index (χ1n) is 10.9. The van der Waals surface area contributed by atoms with Crippen molar-refractivity contribution < 1.29 is 9.53 Å². The van der Waals surface area contributed by atoms with Gasteiger partial charge in [-0.2, -0.15) is 0 Å². The molecular weight excluding hydrogens is 470 g/mol. The number of allylic oxidation sites excluding steroid dienone is 1. The number of para-hydroxylation sites is 1. The molecule has 1 aliphatic heterocycles. The van der Waals surface area contributed by atoms with E-state index in [9.17, 15) is 9.59 Å². The fraction of sp³-hybridized carbons (Fsp3) is 0.192. The second kappa shape index (κ2) is 8.74. The number of aromatic nitrogens is 2. The van der Waals surface area contributed by atoms with Crippen molar-refractivity contribution in [3.63, 3.8) is 0 Å². The SMILES string of the molecule is CC1=C(C(=O)OC(C)C)[C@@H](c2ccc(Cl)cc2)n2c(s/c(=C/c3c[nH]c4ccccc34)c2=O)=N1. The third-order valence-corrected chi connectivity index (χ3v) is 6.91. The second-order valence-electron chi connectivity index (χ2n) is 8.38. The number of hydrogen-bond acceptors (Lipinski definition) is 5. The van der Waals surface area contributed by atoms with Gasteiger partial charge in [0.1, 0.15) is 0 Å². The van der Waals surface area contributed by atoms with Gasteiger partial charge in [-0.05, 0) is 50.6 Å². The van der Waals surface area contributed by atoms with Gasteiger partial charge in [0.15, 0.2) is 4.80 Å². The van der Waals surface area contributed by atoms with Gasteiger partial charge in [0.25, 0.3) is 5.56 Å². The number of nitrogens with zero attached hydrogens (tertiary/aromatic N) is 2. The van der Waals surface area contributed by atoms with Crippen LogP contribution in [0.3, 0.4) is 0 Å². The molecule has 8 heteroatoms. The molecule has 0 spiro atoms. The highest BCUT2D eigenvalue weighted by atomic mass is 35.5. The Labute approximate surface area is 204 Å². The van der Waals surface area contributed by atoms with Gasteiger partial charge < -0.3 is 9.72 Å². The minimum absolute atomic E-state index is 0.212. The van der Waals surface area contributed by atoms with Gasteiger partial charge in [-0.15, -0.1) is 0 Å². The lowest BCUT2D eigenvalue weighted by Gasteiger charge is -2.25. The van der Waals surface area contributed by atoms with Crippen molar-refractivity contribution in [2.24, 2.45) is 4.99 Å². The number of ether oxygens (including phenoxy) is 1. The largest absolute Gasteiger partial charge is 0.459 e. The molecule has 1 atom stereocenters.